The van der Waals surface area contributed by atoms with Gasteiger partial charge in [0.1, 0.15) is 17.7 Å². The Balaban J connectivity index is 1.74. The Morgan fingerprint density at radius 2 is 1.94 bits per heavy atom. The van der Waals surface area contributed by atoms with Crippen LogP contribution in [0.15, 0.2) is 36.0 Å². The second kappa shape index (κ2) is 9.42. The quantitative estimate of drug-likeness (QED) is 0.356. The van der Waals surface area contributed by atoms with Gasteiger partial charge in [-0.3, -0.25) is 0 Å². The SMILES string of the molecule is CC(C)(F)CNc1cc(Nc2ccc3ncsc3c2)ncc1CNCC(F)C(C)(C)O. The Bertz CT molecular complexity index is 1010. The molecule has 0 saturated carbocycles. The number of fused-ring (bicyclic) bond motifs is 1. The minimum Gasteiger partial charge on any atom is -0.387 e. The molecule has 2 heterocycles. The molecule has 0 aliphatic heterocycles. The van der Waals surface area contributed by atoms with E-state index in [1.165, 1.54) is 27.7 Å². The lowest BCUT2D eigenvalue weighted by atomic mass is 10.0. The molecular formula is C22H29F2N5OS. The fraction of sp³-hybridized carbons (Fsp3) is 0.455. The maximum Gasteiger partial charge on any atom is 0.140 e. The highest BCUT2D eigenvalue weighted by atomic mass is 32.1. The number of rotatable bonds is 10. The molecule has 3 rings (SSSR count). The van der Waals surface area contributed by atoms with Crippen molar-refractivity contribution in [3.05, 3.63) is 41.5 Å². The number of nitrogens with one attached hydrogen (secondary N) is 3. The van der Waals surface area contributed by atoms with Gasteiger partial charge in [-0.1, -0.05) is 0 Å². The van der Waals surface area contributed by atoms with Gasteiger partial charge in [0.05, 0.1) is 21.3 Å². The van der Waals surface area contributed by atoms with Crippen LogP contribution in [0, 0.1) is 0 Å². The number of benzene rings is 1. The van der Waals surface area contributed by atoms with Crippen LogP contribution in [0.5, 0.6) is 0 Å². The van der Waals surface area contributed by atoms with Gasteiger partial charge >= 0.3 is 0 Å². The summed E-state index contributed by atoms with van der Waals surface area (Å²) in [6.45, 7) is 6.30. The van der Waals surface area contributed by atoms with Gasteiger partial charge in [-0.05, 0) is 45.9 Å². The van der Waals surface area contributed by atoms with Crippen molar-refractivity contribution in [2.24, 2.45) is 0 Å². The van der Waals surface area contributed by atoms with Crippen LogP contribution in [-0.2, 0) is 6.54 Å². The second-order valence-electron chi connectivity index (χ2n) is 8.71. The molecule has 6 nitrogen and oxygen atoms in total. The number of anilines is 3. The third-order valence-corrected chi connectivity index (χ3v) is 5.49. The highest BCUT2D eigenvalue weighted by Gasteiger charge is 2.26. The van der Waals surface area contributed by atoms with Crippen LogP contribution < -0.4 is 16.0 Å². The number of hydrogen-bond acceptors (Lipinski definition) is 7. The highest BCUT2D eigenvalue weighted by Crippen LogP contribution is 2.26. The van der Waals surface area contributed by atoms with Crippen molar-refractivity contribution in [1.29, 1.82) is 0 Å². The van der Waals surface area contributed by atoms with Crippen molar-refractivity contribution in [1.82, 2.24) is 15.3 Å². The molecule has 0 radical (unpaired) electrons. The van der Waals surface area contributed by atoms with Gasteiger partial charge in [0.15, 0.2) is 0 Å². The minimum absolute atomic E-state index is 0.00753. The Hall–Kier alpha value is -2.36. The molecule has 0 aliphatic rings. The molecule has 31 heavy (non-hydrogen) atoms. The van der Waals surface area contributed by atoms with E-state index in [1.54, 1.807) is 23.0 Å². The fourth-order valence-electron chi connectivity index (χ4n) is 2.83. The van der Waals surface area contributed by atoms with Crippen molar-refractivity contribution in [3.8, 4) is 0 Å². The van der Waals surface area contributed by atoms with E-state index in [1.807, 2.05) is 24.3 Å². The normalized spacial score (nSPS) is 13.4. The van der Waals surface area contributed by atoms with Crippen molar-refractivity contribution < 1.29 is 13.9 Å². The molecule has 1 atom stereocenters. The maximum atomic E-state index is 14.1. The molecule has 1 unspecified atom stereocenters. The molecule has 168 valence electrons. The van der Waals surface area contributed by atoms with Crippen LogP contribution in [0.2, 0.25) is 0 Å². The lowest BCUT2D eigenvalue weighted by Crippen LogP contribution is -2.40. The lowest BCUT2D eigenvalue weighted by molar-refractivity contribution is -0.00239. The Kier molecular flexibility index (Phi) is 7.08. The third kappa shape index (κ3) is 6.81. The zero-order valence-corrected chi connectivity index (χ0v) is 19.0. The van der Waals surface area contributed by atoms with Crippen LogP contribution >= 0.6 is 11.3 Å². The van der Waals surface area contributed by atoms with Crippen LogP contribution in [0.1, 0.15) is 33.3 Å². The van der Waals surface area contributed by atoms with Crippen molar-refractivity contribution in [2.45, 2.75) is 51.7 Å². The molecule has 1 aromatic carbocycles. The Morgan fingerprint density at radius 3 is 2.65 bits per heavy atom. The molecule has 4 N–H and O–H groups in total. The summed E-state index contributed by atoms with van der Waals surface area (Å²) in [5.41, 5.74) is 2.27. The van der Waals surface area contributed by atoms with E-state index in [2.05, 4.69) is 25.9 Å². The first-order valence-corrected chi connectivity index (χ1v) is 11.0. The van der Waals surface area contributed by atoms with Crippen molar-refractivity contribution >= 4 is 38.7 Å². The number of halogens is 2. The summed E-state index contributed by atoms with van der Waals surface area (Å²) < 4.78 is 29.1. The summed E-state index contributed by atoms with van der Waals surface area (Å²) >= 11 is 1.56. The minimum atomic E-state index is -1.42. The molecule has 0 saturated heterocycles. The summed E-state index contributed by atoms with van der Waals surface area (Å²) in [5, 5.41) is 19.1. The first kappa shape index (κ1) is 23.3. The largest absolute Gasteiger partial charge is 0.387 e. The molecule has 9 heteroatoms. The molecule has 0 fully saturated rings. The van der Waals surface area contributed by atoms with Gasteiger partial charge in [0.2, 0.25) is 0 Å². The highest BCUT2D eigenvalue weighted by molar-refractivity contribution is 7.16. The predicted molar refractivity (Wildman–Crippen MR) is 124 cm³/mol. The van der Waals surface area contributed by atoms with Crippen LogP contribution in [-0.4, -0.2) is 45.6 Å². The smallest absolute Gasteiger partial charge is 0.140 e. The van der Waals surface area contributed by atoms with E-state index in [0.29, 0.717) is 18.1 Å². The molecule has 0 spiro atoms. The number of hydrogen-bond donors (Lipinski definition) is 4. The molecule has 0 aliphatic carbocycles. The first-order chi connectivity index (χ1) is 14.5. The van der Waals surface area contributed by atoms with E-state index < -0.39 is 17.4 Å². The van der Waals surface area contributed by atoms with Gasteiger partial charge < -0.3 is 21.1 Å². The summed E-state index contributed by atoms with van der Waals surface area (Å²) in [4.78, 5) is 8.73. The van der Waals surface area contributed by atoms with E-state index in [0.717, 1.165) is 21.5 Å². The van der Waals surface area contributed by atoms with Crippen LogP contribution in [0.25, 0.3) is 10.2 Å². The van der Waals surface area contributed by atoms with Crippen molar-refractivity contribution in [2.75, 3.05) is 23.7 Å². The number of aromatic nitrogens is 2. The second-order valence-corrected chi connectivity index (χ2v) is 9.60. The number of aliphatic hydroxyl groups is 1. The van der Waals surface area contributed by atoms with Crippen LogP contribution in [0.3, 0.4) is 0 Å². The zero-order valence-electron chi connectivity index (χ0n) is 18.2. The molecule has 0 bridgehead atoms. The summed E-state index contributed by atoms with van der Waals surface area (Å²) in [6, 6.07) is 7.67. The summed E-state index contributed by atoms with van der Waals surface area (Å²) in [6.07, 6.45) is 0.259. The number of pyridine rings is 1. The number of alkyl halides is 2. The van der Waals surface area contributed by atoms with E-state index >= 15 is 0 Å². The topological polar surface area (TPSA) is 82.1 Å². The molecule has 0 amide bonds. The summed E-state index contributed by atoms with van der Waals surface area (Å²) in [5.74, 6) is 0.603. The number of nitrogens with zero attached hydrogens (tertiary/aromatic N) is 2. The Labute approximate surface area is 185 Å². The van der Waals surface area contributed by atoms with Gasteiger partial charge in [-0.2, -0.15) is 0 Å². The van der Waals surface area contributed by atoms with Crippen LogP contribution in [0.4, 0.5) is 26.0 Å². The van der Waals surface area contributed by atoms with Gasteiger partial charge in [-0.25, -0.2) is 18.7 Å². The molecule has 2 aromatic heterocycles. The maximum absolute atomic E-state index is 14.1. The fourth-order valence-corrected chi connectivity index (χ4v) is 3.54. The predicted octanol–water partition coefficient (Wildman–Crippen LogP) is 4.79. The first-order valence-electron chi connectivity index (χ1n) is 10.1. The van der Waals surface area contributed by atoms with E-state index in [-0.39, 0.29) is 13.1 Å². The van der Waals surface area contributed by atoms with Gasteiger partial charge in [-0.15, -0.1) is 11.3 Å². The van der Waals surface area contributed by atoms with Gasteiger partial charge in [0, 0.05) is 48.8 Å². The molecular weight excluding hydrogens is 420 g/mol. The Morgan fingerprint density at radius 1 is 1.16 bits per heavy atom. The zero-order chi connectivity index (χ0) is 22.6. The van der Waals surface area contributed by atoms with E-state index in [9.17, 15) is 13.9 Å². The summed E-state index contributed by atoms with van der Waals surface area (Å²) in [7, 11) is 0. The number of thiazole rings is 1. The van der Waals surface area contributed by atoms with Crippen molar-refractivity contribution in [3.63, 3.8) is 0 Å². The standard InChI is InChI=1S/C22H29F2N5OS/c1-21(2,24)12-27-17-8-20(29-15-5-6-16-18(7-15)31-13-28-16)26-10-14(17)9-25-11-19(23)22(3,4)30/h5-8,10,13,19,25,30H,9,11-12H2,1-4H3,(H2,26,27,29). The van der Waals surface area contributed by atoms with E-state index in [4.69, 9.17) is 0 Å². The monoisotopic (exact) mass is 449 g/mol. The average Bonchev–Trinajstić information content (AvgIpc) is 3.14. The average molecular weight is 450 g/mol. The lowest BCUT2D eigenvalue weighted by Gasteiger charge is -2.23. The third-order valence-electron chi connectivity index (χ3n) is 4.69. The van der Waals surface area contributed by atoms with Gasteiger partial charge in [0.25, 0.3) is 0 Å². The molecule has 3 aromatic rings.